The molecule has 1 aromatic carbocycles. The molecule has 1 aliphatic heterocycles. The van der Waals surface area contributed by atoms with E-state index in [9.17, 15) is 9.90 Å². The summed E-state index contributed by atoms with van der Waals surface area (Å²) in [6.07, 6.45) is 6.32. The SMILES string of the molecule is Cn1cc(Nc2nccc(-c3ccc4c(c3)CCN(CC(C)(C)O)CC4CC(=O)c3nnc(C(C)(C)C)o3)n2)cn1. The highest BCUT2D eigenvalue weighted by Crippen LogP contribution is 2.33. The van der Waals surface area contributed by atoms with Crippen LogP contribution in [-0.4, -0.2) is 71.0 Å². The molecule has 216 valence electrons. The van der Waals surface area contributed by atoms with Gasteiger partial charge in [-0.15, -0.1) is 10.2 Å². The van der Waals surface area contributed by atoms with Crippen molar-refractivity contribution in [1.82, 2.24) is 34.8 Å². The third-order valence-corrected chi connectivity index (χ3v) is 7.02. The summed E-state index contributed by atoms with van der Waals surface area (Å²) in [5.41, 5.74) is 3.63. The predicted octanol–water partition coefficient (Wildman–Crippen LogP) is 4.29. The van der Waals surface area contributed by atoms with Gasteiger partial charge < -0.3 is 14.8 Å². The van der Waals surface area contributed by atoms with E-state index in [4.69, 9.17) is 9.40 Å². The lowest BCUT2D eigenvalue weighted by molar-refractivity contribution is 0.0352. The molecule has 4 aromatic rings. The number of β-amino-alcohol motifs (C(OH)–C–C–N with tert-alkyl or cyclic N) is 1. The molecule has 4 heterocycles. The van der Waals surface area contributed by atoms with Crippen molar-refractivity contribution in [2.24, 2.45) is 7.05 Å². The lowest BCUT2D eigenvalue weighted by Crippen LogP contribution is -2.40. The molecule has 1 unspecified atom stereocenters. The van der Waals surface area contributed by atoms with Crippen molar-refractivity contribution in [3.63, 3.8) is 0 Å². The minimum Gasteiger partial charge on any atom is -0.418 e. The van der Waals surface area contributed by atoms with Crippen molar-refractivity contribution in [2.75, 3.05) is 25.0 Å². The summed E-state index contributed by atoms with van der Waals surface area (Å²) < 4.78 is 7.47. The molecule has 0 bridgehead atoms. The first-order chi connectivity index (χ1) is 19.3. The summed E-state index contributed by atoms with van der Waals surface area (Å²) in [6, 6.07) is 8.18. The maximum absolute atomic E-state index is 13.4. The van der Waals surface area contributed by atoms with Crippen LogP contribution in [0.25, 0.3) is 11.3 Å². The van der Waals surface area contributed by atoms with Gasteiger partial charge in [-0.3, -0.25) is 14.4 Å². The number of hydrogen-bond donors (Lipinski definition) is 2. The summed E-state index contributed by atoms with van der Waals surface area (Å²) in [7, 11) is 1.85. The molecule has 1 atom stereocenters. The quantitative estimate of drug-likeness (QED) is 0.302. The van der Waals surface area contributed by atoms with E-state index in [2.05, 4.69) is 42.6 Å². The highest BCUT2D eigenvalue weighted by Gasteiger charge is 2.31. The number of anilines is 2. The number of aromatic nitrogens is 6. The van der Waals surface area contributed by atoms with Gasteiger partial charge in [0.2, 0.25) is 17.6 Å². The number of aryl methyl sites for hydroxylation is 1. The molecule has 0 saturated carbocycles. The van der Waals surface area contributed by atoms with E-state index in [1.54, 1.807) is 17.1 Å². The number of ketones is 1. The molecule has 2 N–H and O–H groups in total. The Kier molecular flexibility index (Phi) is 7.76. The van der Waals surface area contributed by atoms with Gasteiger partial charge in [-0.1, -0.05) is 32.9 Å². The number of rotatable bonds is 8. The van der Waals surface area contributed by atoms with Crippen LogP contribution >= 0.6 is 0 Å². The minimum atomic E-state index is -0.858. The first kappa shape index (κ1) is 28.6. The number of fused-ring (bicyclic) bond motifs is 1. The summed E-state index contributed by atoms with van der Waals surface area (Å²) in [6.45, 7) is 11.4. The van der Waals surface area contributed by atoms with E-state index in [0.717, 1.165) is 41.0 Å². The van der Waals surface area contributed by atoms with Crippen molar-refractivity contribution in [2.45, 2.75) is 64.4 Å². The molecule has 0 amide bonds. The lowest BCUT2D eigenvalue weighted by Gasteiger charge is -2.30. The number of benzene rings is 1. The lowest BCUT2D eigenvalue weighted by atomic mass is 9.88. The monoisotopic (exact) mass is 558 g/mol. The fourth-order valence-corrected chi connectivity index (χ4v) is 5.17. The van der Waals surface area contributed by atoms with E-state index in [0.29, 0.717) is 24.9 Å². The van der Waals surface area contributed by atoms with E-state index in [1.165, 1.54) is 0 Å². The van der Waals surface area contributed by atoms with Gasteiger partial charge in [0.1, 0.15) is 0 Å². The van der Waals surface area contributed by atoms with E-state index < -0.39 is 5.60 Å². The highest BCUT2D eigenvalue weighted by molar-refractivity contribution is 5.92. The zero-order valence-corrected chi connectivity index (χ0v) is 24.5. The Morgan fingerprint density at radius 2 is 1.98 bits per heavy atom. The molecule has 11 nitrogen and oxygen atoms in total. The number of nitrogens with one attached hydrogen (secondary N) is 1. The summed E-state index contributed by atoms with van der Waals surface area (Å²) in [4.78, 5) is 24.7. The molecule has 0 fully saturated rings. The largest absolute Gasteiger partial charge is 0.418 e. The van der Waals surface area contributed by atoms with Gasteiger partial charge in [-0.2, -0.15) is 5.10 Å². The molecule has 5 rings (SSSR count). The molecule has 11 heteroatoms. The van der Waals surface area contributed by atoms with Gasteiger partial charge in [0.05, 0.1) is 23.2 Å². The van der Waals surface area contributed by atoms with Crippen molar-refractivity contribution in [3.8, 4) is 11.3 Å². The van der Waals surface area contributed by atoms with E-state index in [-0.39, 0.29) is 29.4 Å². The summed E-state index contributed by atoms with van der Waals surface area (Å²) >= 11 is 0. The van der Waals surface area contributed by atoms with Crippen LogP contribution in [0.2, 0.25) is 0 Å². The third-order valence-electron chi connectivity index (χ3n) is 7.02. The number of carbonyl (C=O) groups excluding carboxylic acids is 1. The van der Waals surface area contributed by atoms with Crippen LogP contribution in [0.1, 0.15) is 74.7 Å². The summed E-state index contributed by atoms with van der Waals surface area (Å²) in [5.74, 6) is 0.688. The Balaban J connectivity index is 1.42. The molecule has 0 spiro atoms. The second-order valence-corrected chi connectivity index (χ2v) is 12.5. The van der Waals surface area contributed by atoms with Gasteiger partial charge in [-0.25, -0.2) is 9.97 Å². The minimum absolute atomic E-state index is 0.0426. The average Bonchev–Trinajstić information content (AvgIpc) is 3.52. The molecule has 41 heavy (non-hydrogen) atoms. The first-order valence-electron chi connectivity index (χ1n) is 13.9. The van der Waals surface area contributed by atoms with Crippen molar-refractivity contribution in [1.29, 1.82) is 0 Å². The molecule has 0 aliphatic carbocycles. The van der Waals surface area contributed by atoms with E-state index in [1.807, 2.05) is 60.0 Å². The predicted molar refractivity (Wildman–Crippen MR) is 155 cm³/mol. The Bertz CT molecular complexity index is 1530. The molecule has 1 aliphatic rings. The Morgan fingerprint density at radius 3 is 2.66 bits per heavy atom. The number of nitrogens with zero attached hydrogens (tertiary/aromatic N) is 7. The third kappa shape index (κ3) is 7.04. The smallest absolute Gasteiger partial charge is 0.284 e. The first-order valence-corrected chi connectivity index (χ1v) is 13.9. The van der Waals surface area contributed by atoms with Crippen LogP contribution < -0.4 is 5.32 Å². The van der Waals surface area contributed by atoms with Crippen LogP contribution in [-0.2, 0) is 18.9 Å². The normalized spacial score (nSPS) is 16.3. The van der Waals surface area contributed by atoms with Gasteiger partial charge in [0.15, 0.2) is 0 Å². The van der Waals surface area contributed by atoms with Gasteiger partial charge in [0.25, 0.3) is 5.89 Å². The van der Waals surface area contributed by atoms with Crippen LogP contribution in [0.4, 0.5) is 11.6 Å². The zero-order valence-electron chi connectivity index (χ0n) is 24.5. The molecule has 3 aromatic heterocycles. The second-order valence-electron chi connectivity index (χ2n) is 12.5. The highest BCUT2D eigenvalue weighted by atomic mass is 16.4. The summed E-state index contributed by atoms with van der Waals surface area (Å²) in [5, 5.41) is 26.1. The van der Waals surface area contributed by atoms with Crippen LogP contribution in [0.5, 0.6) is 0 Å². The van der Waals surface area contributed by atoms with Gasteiger partial charge in [0, 0.05) is 62.4 Å². The topological polar surface area (TPSA) is 135 Å². The number of carbonyl (C=O) groups is 1. The number of Topliss-reactive ketones (excluding diaryl/α,β-unsaturated/α-hetero) is 1. The maximum Gasteiger partial charge on any atom is 0.284 e. The second kappa shape index (κ2) is 11.1. The fraction of sp³-hybridized carbons (Fsp3) is 0.467. The van der Waals surface area contributed by atoms with Crippen molar-refractivity contribution >= 4 is 17.4 Å². The van der Waals surface area contributed by atoms with Crippen LogP contribution in [0.3, 0.4) is 0 Å². The molecule has 0 radical (unpaired) electrons. The van der Waals surface area contributed by atoms with Crippen molar-refractivity contribution < 1.29 is 14.3 Å². The number of aliphatic hydroxyl groups is 1. The van der Waals surface area contributed by atoms with E-state index >= 15 is 0 Å². The van der Waals surface area contributed by atoms with Gasteiger partial charge >= 0.3 is 0 Å². The standard InChI is InChI=1S/C30H38N8O3/c1-29(2,3)27-36-35-26(41-27)25(39)14-21-16-38(18-30(4,5)40)12-10-19-13-20(7-8-23(19)21)24-9-11-31-28(34-24)33-22-15-32-37(6)17-22/h7-9,11,13,15,17,21,40H,10,12,14,16,18H2,1-6H3,(H,31,33,34). The molecule has 0 saturated heterocycles. The Labute approximate surface area is 240 Å². The Hall–Kier alpha value is -3.96. The maximum atomic E-state index is 13.4. The zero-order chi connectivity index (χ0) is 29.4. The van der Waals surface area contributed by atoms with Crippen LogP contribution in [0, 0.1) is 0 Å². The van der Waals surface area contributed by atoms with Crippen LogP contribution in [0.15, 0.2) is 47.3 Å². The average molecular weight is 559 g/mol. The fourth-order valence-electron chi connectivity index (χ4n) is 5.17. The number of hydrogen-bond acceptors (Lipinski definition) is 10. The molecular formula is C30H38N8O3. The van der Waals surface area contributed by atoms with Gasteiger partial charge in [-0.05, 0) is 43.5 Å². The Morgan fingerprint density at radius 1 is 1.17 bits per heavy atom. The van der Waals surface area contributed by atoms with Crippen molar-refractivity contribution in [3.05, 3.63) is 65.8 Å². The molecular weight excluding hydrogens is 520 g/mol.